The van der Waals surface area contributed by atoms with Crippen LogP contribution in [0.4, 0.5) is 11.4 Å². The molecule has 7 rings (SSSR count). The Kier molecular flexibility index (Phi) is 20.4. The summed E-state index contributed by atoms with van der Waals surface area (Å²) in [6, 6.07) is 29.9. The Morgan fingerprint density at radius 2 is 0.904 bits per heavy atom. The zero-order valence-corrected chi connectivity index (χ0v) is 34.4. The average Bonchev–Trinajstić information content (AvgIpc) is 3.98. The van der Waals surface area contributed by atoms with Crippen LogP contribution in [-0.4, -0.2) is 12.4 Å². The van der Waals surface area contributed by atoms with Crippen molar-refractivity contribution < 1.29 is 34.1 Å². The number of hydrogen-bond acceptors (Lipinski definition) is 4. The first-order valence-electron chi connectivity index (χ1n) is 19.5. The second kappa shape index (κ2) is 24.1. The van der Waals surface area contributed by atoms with E-state index in [1.165, 1.54) is 101 Å². The van der Waals surface area contributed by atoms with Crippen LogP contribution >= 0.6 is 0 Å². The van der Waals surface area contributed by atoms with Crippen LogP contribution in [0.15, 0.2) is 95.1 Å². The number of benzene rings is 3. The fraction of sp³-hybridized carbons (Fsp3) is 0.478. The van der Waals surface area contributed by atoms with Crippen LogP contribution in [0, 0.1) is 35.5 Å². The summed E-state index contributed by atoms with van der Waals surface area (Å²) in [5.41, 5.74) is 4.71. The molecule has 6 heteroatoms. The molecule has 4 aliphatic rings. The molecule has 4 saturated carbocycles. The number of rotatable bonds is 10. The minimum atomic E-state index is 0. The maximum absolute atomic E-state index is 4.99. The SMILES string of the molecule is C[C-]1CCCC1.C[C-]1CCCC1.C[C-]1CCCC1/C=N/N(Cc1cccc(CN(/N=C/C2CCC[C-]2C)c2ccccc2)c1)c1ccccc1.[Fe+2].[Fe+2]. The molecule has 0 N–H and O–H groups in total. The summed E-state index contributed by atoms with van der Waals surface area (Å²) in [6.07, 6.45) is 23.1. The molecule has 2 atom stereocenters. The van der Waals surface area contributed by atoms with Crippen LogP contribution in [0.2, 0.25) is 0 Å². The minimum absolute atomic E-state index is 0. The normalized spacial score (nSPS) is 20.9. The molecular formula is C46H62Fe2N4. The maximum atomic E-state index is 4.99. The predicted molar refractivity (Wildman–Crippen MR) is 216 cm³/mol. The molecule has 0 aromatic heterocycles. The van der Waals surface area contributed by atoms with Gasteiger partial charge in [0.25, 0.3) is 0 Å². The topological polar surface area (TPSA) is 31.2 Å². The molecule has 4 aliphatic carbocycles. The van der Waals surface area contributed by atoms with Gasteiger partial charge in [0.15, 0.2) is 0 Å². The number of hydrazone groups is 2. The van der Waals surface area contributed by atoms with Gasteiger partial charge in [0.05, 0.1) is 24.5 Å². The van der Waals surface area contributed by atoms with Gasteiger partial charge in [0.2, 0.25) is 0 Å². The average molecular weight is 783 g/mol. The fourth-order valence-corrected chi connectivity index (χ4v) is 7.52. The van der Waals surface area contributed by atoms with Crippen molar-refractivity contribution in [1.82, 2.24) is 0 Å². The van der Waals surface area contributed by atoms with Gasteiger partial charge < -0.3 is 23.7 Å². The standard InChI is InChI=1S/C34H40N4.2C6H11.2Fe/c1-27-12-9-16-31(27)23-35-37(33-18-5-3-6-19-33)25-29-14-11-15-30(22-29)26-38(34-20-7-4-8-21-34)36-24-32-17-10-13-28(32)2;2*1-6-4-2-3-5-6;;/h3-8,11,14-15,18-24,31-32H,9-10,12-13,16-17,25-26H2,1-2H3;2*2-5H2,1H3;;/q-2;2*-1;2*+2/b35-23+,36-24+;;;;. The van der Waals surface area contributed by atoms with Crippen molar-refractivity contribution >= 4 is 23.8 Å². The predicted octanol–water partition coefficient (Wildman–Crippen LogP) is 12.8. The molecule has 0 saturated heterocycles. The Balaban J connectivity index is 0.000000440. The third-order valence-electron chi connectivity index (χ3n) is 10.9. The van der Waals surface area contributed by atoms with Gasteiger partial charge in [-0.2, -0.15) is 76.4 Å². The van der Waals surface area contributed by atoms with Gasteiger partial charge >= 0.3 is 34.1 Å². The Bertz CT molecular complexity index is 1310. The molecule has 4 fully saturated rings. The van der Waals surface area contributed by atoms with E-state index in [-0.39, 0.29) is 34.1 Å². The summed E-state index contributed by atoms with van der Waals surface area (Å²) >= 11 is 0. The monoisotopic (exact) mass is 782 g/mol. The smallest absolute Gasteiger partial charge is 0.317 e. The van der Waals surface area contributed by atoms with Crippen molar-refractivity contribution in [3.8, 4) is 0 Å². The Morgan fingerprint density at radius 3 is 1.21 bits per heavy atom. The fourth-order valence-electron chi connectivity index (χ4n) is 7.52. The molecule has 4 nitrogen and oxygen atoms in total. The first kappa shape index (κ1) is 44.0. The molecule has 0 bridgehead atoms. The quantitative estimate of drug-likeness (QED) is 0.0888. The van der Waals surface area contributed by atoms with Gasteiger partial charge in [0, 0.05) is 0 Å². The van der Waals surface area contributed by atoms with Crippen molar-refractivity contribution in [2.45, 2.75) is 131 Å². The number of para-hydroxylation sites is 2. The zero-order chi connectivity index (χ0) is 35.0. The molecular weight excluding hydrogens is 720 g/mol. The first-order chi connectivity index (χ1) is 24.4. The second-order valence-electron chi connectivity index (χ2n) is 15.2. The van der Waals surface area contributed by atoms with Crippen LogP contribution in [-0.2, 0) is 47.2 Å². The molecule has 0 heterocycles. The summed E-state index contributed by atoms with van der Waals surface area (Å²) in [7, 11) is 0. The third-order valence-corrected chi connectivity index (χ3v) is 10.9. The summed E-state index contributed by atoms with van der Waals surface area (Å²) in [5.74, 6) is 7.49. The molecule has 0 aliphatic heterocycles. The zero-order valence-electron chi connectivity index (χ0n) is 32.2. The van der Waals surface area contributed by atoms with Crippen molar-refractivity contribution in [1.29, 1.82) is 0 Å². The summed E-state index contributed by atoms with van der Waals surface area (Å²) in [6.45, 7) is 10.5. The van der Waals surface area contributed by atoms with Crippen LogP contribution < -0.4 is 10.0 Å². The summed E-state index contributed by atoms with van der Waals surface area (Å²) in [5, 5.41) is 14.3. The van der Waals surface area contributed by atoms with Crippen molar-refractivity contribution in [3.05, 3.63) is 120 Å². The largest absolute Gasteiger partial charge is 2.00 e. The van der Waals surface area contributed by atoms with Crippen LogP contribution in [0.1, 0.15) is 129 Å². The molecule has 0 spiro atoms. The van der Waals surface area contributed by atoms with Crippen LogP contribution in [0.25, 0.3) is 0 Å². The molecule has 3 aromatic carbocycles. The van der Waals surface area contributed by atoms with Crippen molar-refractivity contribution in [2.24, 2.45) is 22.0 Å². The number of anilines is 2. The van der Waals surface area contributed by atoms with E-state index >= 15 is 0 Å². The number of hydrogen-bond donors (Lipinski definition) is 0. The number of nitrogens with zero attached hydrogens (tertiary/aromatic N) is 4. The van der Waals surface area contributed by atoms with E-state index in [2.05, 4.69) is 135 Å². The molecule has 0 radical (unpaired) electrons. The van der Waals surface area contributed by atoms with Crippen LogP contribution in [0.5, 0.6) is 0 Å². The maximum Gasteiger partial charge on any atom is 2.00 e. The third kappa shape index (κ3) is 14.8. The summed E-state index contributed by atoms with van der Waals surface area (Å²) in [4.78, 5) is 0. The molecule has 3 aromatic rings. The van der Waals surface area contributed by atoms with E-state index in [0.717, 1.165) is 24.5 Å². The Morgan fingerprint density at radius 1 is 0.519 bits per heavy atom. The molecule has 2 unspecified atom stereocenters. The van der Waals surface area contributed by atoms with E-state index in [1.54, 1.807) is 23.7 Å². The van der Waals surface area contributed by atoms with E-state index in [0.29, 0.717) is 11.8 Å². The Labute approximate surface area is 338 Å². The molecule has 282 valence electrons. The van der Waals surface area contributed by atoms with Gasteiger partial charge in [-0.15, -0.1) is 11.8 Å². The van der Waals surface area contributed by atoms with Crippen molar-refractivity contribution in [2.75, 3.05) is 10.0 Å². The summed E-state index contributed by atoms with van der Waals surface area (Å²) < 4.78 is 0. The Hall–Kier alpha value is -2.36. The van der Waals surface area contributed by atoms with E-state index in [9.17, 15) is 0 Å². The van der Waals surface area contributed by atoms with Crippen LogP contribution in [0.3, 0.4) is 0 Å². The van der Waals surface area contributed by atoms with Gasteiger partial charge in [-0.05, 0) is 47.8 Å². The molecule has 52 heavy (non-hydrogen) atoms. The van der Waals surface area contributed by atoms with E-state index < -0.39 is 0 Å². The minimum Gasteiger partial charge on any atom is -0.317 e. The van der Waals surface area contributed by atoms with Gasteiger partial charge in [0.1, 0.15) is 0 Å². The van der Waals surface area contributed by atoms with E-state index in [4.69, 9.17) is 10.2 Å². The van der Waals surface area contributed by atoms with Gasteiger partial charge in [-0.25, -0.2) is 0 Å². The molecule has 0 amide bonds. The van der Waals surface area contributed by atoms with Gasteiger partial charge in [-0.1, -0.05) is 112 Å². The second-order valence-corrected chi connectivity index (χ2v) is 15.2. The van der Waals surface area contributed by atoms with Crippen molar-refractivity contribution in [3.63, 3.8) is 0 Å². The van der Waals surface area contributed by atoms with E-state index in [1.807, 2.05) is 0 Å². The first-order valence-corrected chi connectivity index (χ1v) is 19.5. The van der Waals surface area contributed by atoms with Gasteiger partial charge in [-0.3, -0.25) is 10.0 Å².